The lowest BCUT2D eigenvalue weighted by Crippen LogP contribution is -2.11. The average molecular weight is 205 g/mol. The molecule has 0 aliphatic heterocycles. The van der Waals surface area contributed by atoms with Crippen LogP contribution in [0.5, 0.6) is 0 Å². The van der Waals surface area contributed by atoms with Gasteiger partial charge in [0.05, 0.1) is 23.0 Å². The van der Waals surface area contributed by atoms with Gasteiger partial charge >= 0.3 is 0 Å². The highest BCUT2D eigenvalue weighted by atomic mass is 16.3. The summed E-state index contributed by atoms with van der Waals surface area (Å²) in [4.78, 5) is 0. The van der Waals surface area contributed by atoms with Crippen LogP contribution in [0.4, 0.5) is 11.4 Å². The molecule has 0 saturated heterocycles. The molecule has 0 saturated carbocycles. The maximum atomic E-state index is 9.08. The van der Waals surface area contributed by atoms with Crippen LogP contribution in [0, 0.1) is 11.3 Å². The first-order valence-electron chi connectivity index (χ1n) is 4.85. The molecule has 0 amide bonds. The van der Waals surface area contributed by atoms with E-state index in [0.29, 0.717) is 24.2 Å². The summed E-state index contributed by atoms with van der Waals surface area (Å²) in [7, 11) is 0. The maximum absolute atomic E-state index is 9.08. The Kier molecular flexibility index (Phi) is 3.95. The molecule has 4 nitrogen and oxygen atoms in total. The molecule has 1 aromatic rings. The Morgan fingerprint density at radius 2 is 2.33 bits per heavy atom. The number of rotatable bonds is 4. The van der Waals surface area contributed by atoms with E-state index in [1.807, 2.05) is 12.1 Å². The van der Waals surface area contributed by atoms with Crippen molar-refractivity contribution in [2.45, 2.75) is 19.4 Å². The second-order valence-electron chi connectivity index (χ2n) is 3.44. The number of nitriles is 1. The van der Waals surface area contributed by atoms with Crippen molar-refractivity contribution in [2.24, 2.45) is 0 Å². The summed E-state index contributed by atoms with van der Waals surface area (Å²) in [5.74, 6) is 0. The summed E-state index contributed by atoms with van der Waals surface area (Å²) >= 11 is 0. The number of para-hydroxylation sites is 1. The minimum Gasteiger partial charge on any atom is -0.396 e. The van der Waals surface area contributed by atoms with E-state index in [-0.39, 0.29) is 6.10 Å². The van der Waals surface area contributed by atoms with E-state index >= 15 is 0 Å². The Balaban J connectivity index is 2.66. The van der Waals surface area contributed by atoms with Crippen LogP contribution in [0.1, 0.15) is 18.9 Å². The van der Waals surface area contributed by atoms with E-state index in [0.717, 1.165) is 5.69 Å². The van der Waals surface area contributed by atoms with E-state index in [1.165, 1.54) is 0 Å². The molecule has 1 rings (SSSR count). The summed E-state index contributed by atoms with van der Waals surface area (Å²) in [6.07, 6.45) is 0.314. The molecule has 0 bridgehead atoms. The highest BCUT2D eigenvalue weighted by Crippen LogP contribution is 2.21. The zero-order valence-electron chi connectivity index (χ0n) is 8.70. The second kappa shape index (κ2) is 5.23. The fraction of sp³-hybridized carbons (Fsp3) is 0.364. The summed E-state index contributed by atoms with van der Waals surface area (Å²) in [6, 6.07) is 7.29. The molecule has 15 heavy (non-hydrogen) atoms. The third-order valence-electron chi connectivity index (χ3n) is 2.10. The van der Waals surface area contributed by atoms with Gasteiger partial charge in [0.1, 0.15) is 6.07 Å². The smallest absolute Gasteiger partial charge is 0.101 e. The molecule has 0 aliphatic carbocycles. The van der Waals surface area contributed by atoms with Crippen LogP contribution < -0.4 is 11.1 Å². The summed E-state index contributed by atoms with van der Waals surface area (Å²) < 4.78 is 0. The summed E-state index contributed by atoms with van der Waals surface area (Å²) in [6.45, 7) is 2.37. The van der Waals surface area contributed by atoms with Crippen molar-refractivity contribution < 1.29 is 5.11 Å². The van der Waals surface area contributed by atoms with Crippen LogP contribution >= 0.6 is 0 Å². The number of nitrogens with one attached hydrogen (secondary N) is 1. The monoisotopic (exact) mass is 205 g/mol. The molecule has 0 fully saturated rings. The number of aliphatic hydroxyl groups is 1. The van der Waals surface area contributed by atoms with E-state index in [9.17, 15) is 0 Å². The number of anilines is 2. The number of benzene rings is 1. The van der Waals surface area contributed by atoms with Crippen molar-refractivity contribution in [1.82, 2.24) is 0 Å². The number of hydrogen-bond acceptors (Lipinski definition) is 4. The predicted molar refractivity (Wildman–Crippen MR) is 60.4 cm³/mol. The van der Waals surface area contributed by atoms with Gasteiger partial charge in [0, 0.05) is 6.54 Å². The van der Waals surface area contributed by atoms with Crippen molar-refractivity contribution in [2.75, 3.05) is 17.6 Å². The largest absolute Gasteiger partial charge is 0.396 e. The van der Waals surface area contributed by atoms with Gasteiger partial charge in [0.2, 0.25) is 0 Å². The first kappa shape index (κ1) is 11.3. The van der Waals surface area contributed by atoms with Crippen molar-refractivity contribution in [3.63, 3.8) is 0 Å². The Bertz CT molecular complexity index is 369. The molecule has 0 spiro atoms. The van der Waals surface area contributed by atoms with E-state index in [4.69, 9.17) is 16.1 Å². The lowest BCUT2D eigenvalue weighted by atomic mass is 10.1. The van der Waals surface area contributed by atoms with Crippen molar-refractivity contribution in [3.05, 3.63) is 23.8 Å². The fourth-order valence-corrected chi connectivity index (χ4v) is 1.23. The minimum atomic E-state index is -0.335. The molecule has 0 heterocycles. The van der Waals surface area contributed by atoms with Crippen LogP contribution in [-0.4, -0.2) is 17.8 Å². The Hall–Kier alpha value is -1.73. The van der Waals surface area contributed by atoms with E-state index in [1.54, 1.807) is 19.1 Å². The molecule has 0 radical (unpaired) electrons. The molecular formula is C11H15N3O. The second-order valence-corrected chi connectivity index (χ2v) is 3.44. The topological polar surface area (TPSA) is 82.1 Å². The summed E-state index contributed by atoms with van der Waals surface area (Å²) in [5.41, 5.74) is 7.44. The first-order chi connectivity index (χ1) is 7.15. The standard InChI is InChI=1S/C11H15N3O/c1-8(15)5-6-14-10-4-2-3-9(7-12)11(10)13/h2-4,8,14-15H,5-6,13H2,1H3. The lowest BCUT2D eigenvalue weighted by Gasteiger charge is -2.10. The van der Waals surface area contributed by atoms with Crippen molar-refractivity contribution >= 4 is 11.4 Å². The Labute approximate surface area is 89.3 Å². The molecule has 80 valence electrons. The van der Waals surface area contributed by atoms with E-state index < -0.39 is 0 Å². The van der Waals surface area contributed by atoms with Gasteiger partial charge in [-0.05, 0) is 25.5 Å². The molecule has 1 atom stereocenters. The van der Waals surface area contributed by atoms with E-state index in [2.05, 4.69) is 5.32 Å². The number of nitrogens with two attached hydrogens (primary N) is 1. The summed E-state index contributed by atoms with van der Waals surface area (Å²) in [5, 5.41) is 20.9. The zero-order valence-corrected chi connectivity index (χ0v) is 8.70. The third kappa shape index (κ3) is 3.15. The Morgan fingerprint density at radius 1 is 1.60 bits per heavy atom. The SMILES string of the molecule is CC(O)CCNc1cccc(C#N)c1N. The molecular weight excluding hydrogens is 190 g/mol. The van der Waals surface area contributed by atoms with Gasteiger partial charge in [-0.25, -0.2) is 0 Å². The third-order valence-corrected chi connectivity index (χ3v) is 2.10. The molecule has 4 N–H and O–H groups in total. The number of nitrogen functional groups attached to an aromatic ring is 1. The predicted octanol–water partition coefficient (Wildman–Crippen LogP) is 1.32. The van der Waals surface area contributed by atoms with Gasteiger partial charge in [-0.1, -0.05) is 6.07 Å². The normalized spacial score (nSPS) is 11.8. The number of nitrogens with zero attached hydrogens (tertiary/aromatic N) is 1. The molecule has 0 aliphatic rings. The molecule has 0 aromatic heterocycles. The van der Waals surface area contributed by atoms with Gasteiger partial charge in [-0.3, -0.25) is 0 Å². The Morgan fingerprint density at radius 3 is 2.93 bits per heavy atom. The zero-order chi connectivity index (χ0) is 11.3. The van der Waals surface area contributed by atoms with Crippen LogP contribution in [0.25, 0.3) is 0 Å². The number of aliphatic hydroxyl groups excluding tert-OH is 1. The highest BCUT2D eigenvalue weighted by molar-refractivity contribution is 5.72. The van der Waals surface area contributed by atoms with Crippen LogP contribution in [-0.2, 0) is 0 Å². The van der Waals surface area contributed by atoms with Crippen LogP contribution in [0.3, 0.4) is 0 Å². The van der Waals surface area contributed by atoms with Gasteiger partial charge in [0.15, 0.2) is 0 Å². The van der Waals surface area contributed by atoms with Gasteiger partial charge in [0.25, 0.3) is 0 Å². The lowest BCUT2D eigenvalue weighted by molar-refractivity contribution is 0.189. The quantitative estimate of drug-likeness (QED) is 0.647. The van der Waals surface area contributed by atoms with Gasteiger partial charge in [-0.15, -0.1) is 0 Å². The highest BCUT2D eigenvalue weighted by Gasteiger charge is 2.03. The van der Waals surface area contributed by atoms with Crippen LogP contribution in [0.2, 0.25) is 0 Å². The molecule has 4 heteroatoms. The van der Waals surface area contributed by atoms with Crippen molar-refractivity contribution in [1.29, 1.82) is 5.26 Å². The molecule has 1 unspecified atom stereocenters. The van der Waals surface area contributed by atoms with Crippen LogP contribution in [0.15, 0.2) is 18.2 Å². The van der Waals surface area contributed by atoms with Gasteiger partial charge in [-0.2, -0.15) is 5.26 Å². The molecule has 1 aromatic carbocycles. The maximum Gasteiger partial charge on any atom is 0.101 e. The first-order valence-corrected chi connectivity index (χ1v) is 4.85. The average Bonchev–Trinajstić information content (AvgIpc) is 2.20. The minimum absolute atomic E-state index is 0.335. The fourth-order valence-electron chi connectivity index (χ4n) is 1.23. The number of hydrogen-bond donors (Lipinski definition) is 3. The van der Waals surface area contributed by atoms with Crippen molar-refractivity contribution in [3.8, 4) is 6.07 Å². The van der Waals surface area contributed by atoms with Gasteiger partial charge < -0.3 is 16.2 Å².